The Hall–Kier alpha value is -2.63. The number of hydrogen-bond acceptors (Lipinski definition) is 3. The van der Waals surface area contributed by atoms with Crippen LogP contribution in [0.4, 0.5) is 0 Å². The lowest BCUT2D eigenvalue weighted by atomic mass is 10.3. The van der Waals surface area contributed by atoms with Gasteiger partial charge in [0, 0.05) is 45.2 Å². The van der Waals surface area contributed by atoms with Gasteiger partial charge in [0.15, 0.2) is 0 Å². The van der Waals surface area contributed by atoms with Crippen LogP contribution in [0.3, 0.4) is 0 Å². The third-order valence-corrected chi connectivity index (χ3v) is 3.22. The summed E-state index contributed by atoms with van der Waals surface area (Å²) in [5, 5.41) is 6.92. The van der Waals surface area contributed by atoms with Gasteiger partial charge in [0.1, 0.15) is 0 Å². The van der Waals surface area contributed by atoms with Crippen molar-refractivity contribution in [1.82, 2.24) is 20.0 Å². The largest absolute Gasteiger partial charge is 0.356 e. The Morgan fingerprint density at radius 3 is 2.68 bits per heavy atom. The van der Waals surface area contributed by atoms with Gasteiger partial charge < -0.3 is 10.2 Å². The summed E-state index contributed by atoms with van der Waals surface area (Å²) in [5.41, 5.74) is 1.94. The monoisotopic (exact) mass is 300 g/mol. The van der Waals surface area contributed by atoms with Gasteiger partial charge in [-0.3, -0.25) is 9.59 Å². The van der Waals surface area contributed by atoms with Crippen molar-refractivity contribution < 1.29 is 9.59 Å². The summed E-state index contributed by atoms with van der Waals surface area (Å²) in [6, 6.07) is 9.80. The Kier molecular flexibility index (Phi) is 5.30. The summed E-state index contributed by atoms with van der Waals surface area (Å²) in [5.74, 6) is -0.138. The number of benzene rings is 1. The van der Waals surface area contributed by atoms with Crippen molar-refractivity contribution in [1.29, 1.82) is 0 Å². The molecule has 2 rings (SSSR count). The zero-order valence-electron chi connectivity index (χ0n) is 12.8. The number of nitrogens with zero attached hydrogens (tertiary/aromatic N) is 3. The first kappa shape index (κ1) is 15.8. The molecule has 2 amide bonds. The molecule has 2 aromatic rings. The number of para-hydroxylation sites is 1. The van der Waals surface area contributed by atoms with E-state index in [1.54, 1.807) is 22.8 Å². The third kappa shape index (κ3) is 4.44. The molecular weight excluding hydrogens is 280 g/mol. The van der Waals surface area contributed by atoms with Crippen LogP contribution in [0.1, 0.15) is 18.9 Å². The van der Waals surface area contributed by atoms with Gasteiger partial charge in [-0.05, 0) is 12.1 Å². The first-order valence-corrected chi connectivity index (χ1v) is 7.13. The average molecular weight is 300 g/mol. The highest BCUT2D eigenvalue weighted by atomic mass is 16.2. The molecule has 0 unspecified atom stereocenters. The van der Waals surface area contributed by atoms with Gasteiger partial charge in [-0.25, -0.2) is 4.68 Å². The van der Waals surface area contributed by atoms with Crippen molar-refractivity contribution in [2.75, 3.05) is 13.6 Å². The van der Waals surface area contributed by atoms with Gasteiger partial charge in [0.05, 0.1) is 11.9 Å². The molecule has 0 aliphatic carbocycles. The molecule has 0 saturated heterocycles. The molecule has 0 aliphatic heterocycles. The molecule has 1 aromatic heterocycles. The standard InChI is InChI=1S/C16H20N4O2/c1-13(21)17-9-8-16(22)19(2)11-14-10-18-20(12-14)15-6-4-3-5-7-15/h3-7,10,12H,8-9,11H2,1-2H3,(H,17,21). The molecule has 1 N–H and O–H groups in total. The predicted octanol–water partition coefficient (Wildman–Crippen LogP) is 1.36. The highest BCUT2D eigenvalue weighted by Crippen LogP contribution is 2.09. The van der Waals surface area contributed by atoms with Crippen LogP contribution in [0.25, 0.3) is 5.69 Å². The minimum absolute atomic E-state index is 0.0128. The number of carbonyl (C=O) groups excluding carboxylic acids is 2. The normalized spacial score (nSPS) is 10.3. The molecule has 22 heavy (non-hydrogen) atoms. The highest BCUT2D eigenvalue weighted by Gasteiger charge is 2.10. The molecular formula is C16H20N4O2. The molecule has 0 spiro atoms. The predicted molar refractivity (Wildman–Crippen MR) is 83.3 cm³/mol. The molecule has 0 saturated carbocycles. The lowest BCUT2D eigenvalue weighted by molar-refractivity contribution is -0.130. The first-order valence-electron chi connectivity index (χ1n) is 7.13. The van der Waals surface area contributed by atoms with Gasteiger partial charge in [0.2, 0.25) is 11.8 Å². The van der Waals surface area contributed by atoms with Crippen molar-refractivity contribution in [3.8, 4) is 5.69 Å². The van der Waals surface area contributed by atoms with Gasteiger partial charge in [-0.15, -0.1) is 0 Å². The molecule has 0 aliphatic rings. The van der Waals surface area contributed by atoms with E-state index in [0.29, 0.717) is 19.5 Å². The Balaban J connectivity index is 1.89. The van der Waals surface area contributed by atoms with E-state index in [1.807, 2.05) is 36.5 Å². The van der Waals surface area contributed by atoms with Gasteiger partial charge in [0.25, 0.3) is 0 Å². The summed E-state index contributed by atoms with van der Waals surface area (Å²) >= 11 is 0. The molecule has 1 aromatic carbocycles. The second-order valence-electron chi connectivity index (χ2n) is 5.11. The summed E-state index contributed by atoms with van der Waals surface area (Å²) < 4.78 is 1.78. The number of rotatable bonds is 6. The lowest BCUT2D eigenvalue weighted by Gasteiger charge is -2.16. The number of nitrogens with one attached hydrogen (secondary N) is 1. The van der Waals surface area contributed by atoms with Crippen molar-refractivity contribution in [3.05, 3.63) is 48.3 Å². The van der Waals surface area contributed by atoms with E-state index in [4.69, 9.17) is 0 Å². The van der Waals surface area contributed by atoms with Crippen LogP contribution in [0.15, 0.2) is 42.7 Å². The fraction of sp³-hybridized carbons (Fsp3) is 0.312. The van der Waals surface area contributed by atoms with E-state index in [2.05, 4.69) is 10.4 Å². The maximum Gasteiger partial charge on any atom is 0.224 e. The summed E-state index contributed by atoms with van der Waals surface area (Å²) in [6.45, 7) is 2.29. The van der Waals surface area contributed by atoms with Gasteiger partial charge in [-0.1, -0.05) is 18.2 Å². The van der Waals surface area contributed by atoms with Crippen molar-refractivity contribution in [3.63, 3.8) is 0 Å². The number of carbonyl (C=O) groups is 2. The molecule has 0 radical (unpaired) electrons. The van der Waals surface area contributed by atoms with Crippen LogP contribution in [-0.4, -0.2) is 40.1 Å². The second kappa shape index (κ2) is 7.40. The van der Waals surface area contributed by atoms with Crippen LogP contribution in [-0.2, 0) is 16.1 Å². The SMILES string of the molecule is CC(=O)NCCC(=O)N(C)Cc1cnn(-c2ccccc2)c1. The maximum absolute atomic E-state index is 12.0. The summed E-state index contributed by atoms with van der Waals surface area (Å²) in [6.07, 6.45) is 3.96. The Morgan fingerprint density at radius 1 is 1.27 bits per heavy atom. The minimum atomic E-state index is -0.125. The van der Waals surface area contributed by atoms with E-state index in [9.17, 15) is 9.59 Å². The van der Waals surface area contributed by atoms with E-state index in [0.717, 1.165) is 11.3 Å². The van der Waals surface area contributed by atoms with E-state index in [-0.39, 0.29) is 11.8 Å². The van der Waals surface area contributed by atoms with E-state index < -0.39 is 0 Å². The minimum Gasteiger partial charge on any atom is -0.356 e. The number of hydrogen-bond donors (Lipinski definition) is 1. The van der Waals surface area contributed by atoms with Crippen LogP contribution >= 0.6 is 0 Å². The smallest absolute Gasteiger partial charge is 0.224 e. The summed E-state index contributed by atoms with van der Waals surface area (Å²) in [4.78, 5) is 24.4. The van der Waals surface area contributed by atoms with Crippen molar-refractivity contribution in [2.45, 2.75) is 19.9 Å². The van der Waals surface area contributed by atoms with Gasteiger partial charge in [-0.2, -0.15) is 5.10 Å². The quantitative estimate of drug-likeness (QED) is 0.876. The fourth-order valence-electron chi connectivity index (χ4n) is 2.06. The van der Waals surface area contributed by atoms with E-state index >= 15 is 0 Å². The average Bonchev–Trinajstić information content (AvgIpc) is 2.96. The second-order valence-corrected chi connectivity index (χ2v) is 5.11. The first-order chi connectivity index (χ1) is 10.6. The van der Waals surface area contributed by atoms with Crippen molar-refractivity contribution in [2.24, 2.45) is 0 Å². The van der Waals surface area contributed by atoms with Crippen LogP contribution in [0.5, 0.6) is 0 Å². The van der Waals surface area contributed by atoms with Crippen LogP contribution in [0, 0.1) is 0 Å². The maximum atomic E-state index is 12.0. The number of aromatic nitrogens is 2. The lowest BCUT2D eigenvalue weighted by Crippen LogP contribution is -2.30. The molecule has 6 heteroatoms. The zero-order valence-corrected chi connectivity index (χ0v) is 12.8. The molecule has 6 nitrogen and oxygen atoms in total. The van der Waals surface area contributed by atoms with Crippen LogP contribution in [0.2, 0.25) is 0 Å². The third-order valence-electron chi connectivity index (χ3n) is 3.22. The molecule has 0 atom stereocenters. The topological polar surface area (TPSA) is 67.2 Å². The van der Waals surface area contributed by atoms with Crippen LogP contribution < -0.4 is 5.32 Å². The van der Waals surface area contributed by atoms with E-state index in [1.165, 1.54) is 6.92 Å². The summed E-state index contributed by atoms with van der Waals surface area (Å²) in [7, 11) is 1.75. The Labute approximate surface area is 129 Å². The fourth-order valence-corrected chi connectivity index (χ4v) is 2.06. The zero-order chi connectivity index (χ0) is 15.9. The highest BCUT2D eigenvalue weighted by molar-refractivity contribution is 5.77. The molecule has 116 valence electrons. The van der Waals surface area contributed by atoms with Crippen molar-refractivity contribution >= 4 is 11.8 Å². The number of amides is 2. The molecule has 0 bridgehead atoms. The van der Waals surface area contributed by atoms with Gasteiger partial charge >= 0.3 is 0 Å². The Morgan fingerprint density at radius 2 is 2.00 bits per heavy atom. The molecule has 1 heterocycles. The Bertz CT molecular complexity index is 637. The molecule has 0 fully saturated rings.